The van der Waals surface area contributed by atoms with Gasteiger partial charge in [0.25, 0.3) is 0 Å². The largest absolute Gasteiger partial charge is 0.478 e. The van der Waals surface area contributed by atoms with Crippen molar-refractivity contribution in [3.63, 3.8) is 0 Å². The Balaban J connectivity index is 1.99. The lowest BCUT2D eigenvalue weighted by Gasteiger charge is -2.10. The van der Waals surface area contributed by atoms with Crippen LogP contribution in [0.15, 0.2) is 60.9 Å². The van der Waals surface area contributed by atoms with Crippen LogP contribution in [0.1, 0.15) is 21.5 Å². The van der Waals surface area contributed by atoms with Gasteiger partial charge in [0.15, 0.2) is 0 Å². The van der Waals surface area contributed by atoms with Crippen molar-refractivity contribution in [3.8, 4) is 11.4 Å². The number of rotatable bonds is 4. The minimum atomic E-state index is -0.909. The van der Waals surface area contributed by atoms with Gasteiger partial charge in [-0.15, -0.1) is 0 Å². The average Bonchev–Trinajstić information content (AvgIpc) is 2.96. The standard InChI is InChI=1S/C18H16N2O2/c1-13-5-4-7-14(11-13)17-19-9-10-20(17)12-15-6-2-3-8-16(15)18(21)22/h2-11H,12H2,1H3,(H,21,22). The molecule has 4 nitrogen and oxygen atoms in total. The summed E-state index contributed by atoms with van der Waals surface area (Å²) in [6, 6.07) is 15.2. The van der Waals surface area contributed by atoms with Gasteiger partial charge in [0, 0.05) is 24.5 Å². The van der Waals surface area contributed by atoms with Gasteiger partial charge >= 0.3 is 5.97 Å². The first-order valence-electron chi connectivity index (χ1n) is 7.04. The third kappa shape index (κ3) is 2.76. The van der Waals surface area contributed by atoms with E-state index in [1.54, 1.807) is 18.3 Å². The summed E-state index contributed by atoms with van der Waals surface area (Å²) in [4.78, 5) is 15.7. The number of imidazole rings is 1. The van der Waals surface area contributed by atoms with Crippen molar-refractivity contribution in [1.29, 1.82) is 0 Å². The Bertz CT molecular complexity index is 821. The molecule has 4 heteroatoms. The van der Waals surface area contributed by atoms with Crippen molar-refractivity contribution in [2.45, 2.75) is 13.5 Å². The van der Waals surface area contributed by atoms with Crippen LogP contribution in [0.5, 0.6) is 0 Å². The van der Waals surface area contributed by atoms with Gasteiger partial charge in [-0.2, -0.15) is 0 Å². The van der Waals surface area contributed by atoms with Crippen LogP contribution >= 0.6 is 0 Å². The second kappa shape index (κ2) is 5.85. The molecule has 0 fully saturated rings. The number of carbonyl (C=O) groups is 1. The van der Waals surface area contributed by atoms with Gasteiger partial charge in [0.05, 0.1) is 5.56 Å². The highest BCUT2D eigenvalue weighted by molar-refractivity contribution is 5.89. The van der Waals surface area contributed by atoms with Gasteiger partial charge in [-0.05, 0) is 24.6 Å². The van der Waals surface area contributed by atoms with Crippen molar-refractivity contribution in [1.82, 2.24) is 9.55 Å². The zero-order chi connectivity index (χ0) is 15.5. The number of aromatic nitrogens is 2. The number of aryl methyl sites for hydroxylation is 1. The molecule has 1 heterocycles. The van der Waals surface area contributed by atoms with Gasteiger partial charge in [0.1, 0.15) is 5.82 Å². The quantitative estimate of drug-likeness (QED) is 0.799. The van der Waals surface area contributed by atoms with Crippen LogP contribution in [0.4, 0.5) is 0 Å². The van der Waals surface area contributed by atoms with E-state index in [9.17, 15) is 9.90 Å². The minimum Gasteiger partial charge on any atom is -0.478 e. The summed E-state index contributed by atoms with van der Waals surface area (Å²) in [5, 5.41) is 9.29. The smallest absolute Gasteiger partial charge is 0.336 e. The highest BCUT2D eigenvalue weighted by Gasteiger charge is 2.12. The van der Waals surface area contributed by atoms with E-state index in [0.717, 1.165) is 22.5 Å². The predicted octanol–water partition coefficient (Wildman–Crippen LogP) is 3.61. The number of hydrogen-bond donors (Lipinski definition) is 1. The van der Waals surface area contributed by atoms with E-state index < -0.39 is 5.97 Å². The third-order valence-electron chi connectivity index (χ3n) is 3.58. The Hall–Kier alpha value is -2.88. The molecule has 0 atom stereocenters. The van der Waals surface area contributed by atoms with E-state index in [1.165, 1.54) is 0 Å². The molecule has 3 aromatic rings. The Kier molecular flexibility index (Phi) is 3.74. The average molecular weight is 292 g/mol. The summed E-state index contributed by atoms with van der Waals surface area (Å²) in [6.07, 6.45) is 3.61. The van der Waals surface area contributed by atoms with Crippen LogP contribution in [-0.2, 0) is 6.54 Å². The second-order valence-corrected chi connectivity index (χ2v) is 5.21. The number of benzene rings is 2. The van der Waals surface area contributed by atoms with Crippen LogP contribution in [0.3, 0.4) is 0 Å². The first-order valence-corrected chi connectivity index (χ1v) is 7.04. The highest BCUT2D eigenvalue weighted by Crippen LogP contribution is 2.20. The molecular formula is C18H16N2O2. The van der Waals surface area contributed by atoms with Gasteiger partial charge < -0.3 is 9.67 Å². The summed E-state index contributed by atoms with van der Waals surface area (Å²) < 4.78 is 1.97. The van der Waals surface area contributed by atoms with E-state index in [0.29, 0.717) is 12.1 Å². The molecule has 110 valence electrons. The zero-order valence-electron chi connectivity index (χ0n) is 12.2. The lowest BCUT2D eigenvalue weighted by Crippen LogP contribution is -2.07. The Labute approximate surface area is 128 Å². The van der Waals surface area contributed by atoms with Crippen LogP contribution in [-0.4, -0.2) is 20.6 Å². The van der Waals surface area contributed by atoms with Crippen molar-refractivity contribution in [2.75, 3.05) is 0 Å². The Morgan fingerprint density at radius 1 is 1.18 bits per heavy atom. The van der Waals surface area contributed by atoms with Crippen molar-refractivity contribution in [3.05, 3.63) is 77.6 Å². The Morgan fingerprint density at radius 2 is 2.00 bits per heavy atom. The molecule has 3 rings (SSSR count). The molecule has 0 saturated heterocycles. The van der Waals surface area contributed by atoms with Gasteiger partial charge in [-0.3, -0.25) is 0 Å². The van der Waals surface area contributed by atoms with Crippen LogP contribution < -0.4 is 0 Å². The summed E-state index contributed by atoms with van der Waals surface area (Å²) >= 11 is 0. The molecule has 0 aliphatic carbocycles. The van der Waals surface area contributed by atoms with E-state index in [1.807, 2.05) is 48.0 Å². The maximum Gasteiger partial charge on any atom is 0.336 e. The fourth-order valence-corrected chi connectivity index (χ4v) is 2.53. The number of hydrogen-bond acceptors (Lipinski definition) is 2. The molecule has 2 aromatic carbocycles. The number of carboxylic acids is 1. The first kappa shape index (κ1) is 14.1. The van der Waals surface area contributed by atoms with Crippen molar-refractivity contribution >= 4 is 5.97 Å². The van der Waals surface area contributed by atoms with E-state index in [2.05, 4.69) is 11.1 Å². The van der Waals surface area contributed by atoms with Crippen LogP contribution in [0.25, 0.3) is 11.4 Å². The lowest BCUT2D eigenvalue weighted by molar-refractivity contribution is 0.0695. The predicted molar refractivity (Wildman–Crippen MR) is 84.9 cm³/mol. The molecule has 0 radical (unpaired) electrons. The second-order valence-electron chi connectivity index (χ2n) is 5.21. The summed E-state index contributed by atoms with van der Waals surface area (Å²) in [7, 11) is 0. The maximum absolute atomic E-state index is 11.3. The van der Waals surface area contributed by atoms with Gasteiger partial charge in [-0.25, -0.2) is 9.78 Å². The molecule has 0 amide bonds. The molecule has 0 spiro atoms. The normalized spacial score (nSPS) is 10.6. The molecule has 0 bridgehead atoms. The van der Waals surface area contributed by atoms with Crippen molar-refractivity contribution in [2.24, 2.45) is 0 Å². The lowest BCUT2D eigenvalue weighted by atomic mass is 10.1. The summed E-state index contributed by atoms with van der Waals surface area (Å²) in [5.41, 5.74) is 3.28. The van der Waals surface area contributed by atoms with E-state index in [-0.39, 0.29) is 0 Å². The molecular weight excluding hydrogens is 276 g/mol. The molecule has 0 aliphatic rings. The fraction of sp³-hybridized carbons (Fsp3) is 0.111. The summed E-state index contributed by atoms with van der Waals surface area (Å²) in [5.74, 6) is -0.0725. The third-order valence-corrected chi connectivity index (χ3v) is 3.58. The topological polar surface area (TPSA) is 55.1 Å². The van der Waals surface area contributed by atoms with Crippen molar-refractivity contribution < 1.29 is 9.90 Å². The molecule has 1 aromatic heterocycles. The first-order chi connectivity index (χ1) is 10.6. The number of aromatic carboxylic acids is 1. The Morgan fingerprint density at radius 3 is 2.77 bits per heavy atom. The molecule has 22 heavy (non-hydrogen) atoms. The molecule has 1 N–H and O–H groups in total. The molecule has 0 unspecified atom stereocenters. The molecule has 0 saturated carbocycles. The highest BCUT2D eigenvalue weighted by atomic mass is 16.4. The minimum absolute atomic E-state index is 0.325. The zero-order valence-corrected chi connectivity index (χ0v) is 12.2. The van der Waals surface area contributed by atoms with E-state index in [4.69, 9.17) is 0 Å². The fourth-order valence-electron chi connectivity index (χ4n) is 2.53. The SMILES string of the molecule is Cc1cccc(-c2nccn2Cc2ccccc2C(=O)O)c1. The van der Waals surface area contributed by atoms with E-state index >= 15 is 0 Å². The molecule has 0 aliphatic heterocycles. The van der Waals surface area contributed by atoms with Crippen LogP contribution in [0.2, 0.25) is 0 Å². The monoisotopic (exact) mass is 292 g/mol. The maximum atomic E-state index is 11.3. The van der Waals surface area contributed by atoms with Gasteiger partial charge in [0.2, 0.25) is 0 Å². The summed E-state index contributed by atoms with van der Waals surface area (Å²) in [6.45, 7) is 2.52. The number of nitrogens with zero attached hydrogens (tertiary/aromatic N) is 2. The van der Waals surface area contributed by atoms with Crippen LogP contribution in [0, 0.1) is 6.92 Å². The van der Waals surface area contributed by atoms with Gasteiger partial charge in [-0.1, -0.05) is 42.0 Å². The number of carboxylic acid groups (broad SMARTS) is 1.